The lowest BCUT2D eigenvalue weighted by Gasteiger charge is -2.29. The van der Waals surface area contributed by atoms with Crippen molar-refractivity contribution < 1.29 is 9.59 Å². The minimum Gasteiger partial charge on any atom is -0.340 e. The van der Waals surface area contributed by atoms with Gasteiger partial charge in [-0.25, -0.2) is 4.98 Å². The first-order chi connectivity index (χ1) is 13.6. The van der Waals surface area contributed by atoms with Crippen molar-refractivity contribution in [3.8, 4) is 0 Å². The predicted octanol–water partition coefficient (Wildman–Crippen LogP) is 4.62. The lowest BCUT2D eigenvalue weighted by molar-refractivity contribution is 0.0983. The minimum atomic E-state index is -0.0323. The molecule has 28 heavy (non-hydrogen) atoms. The summed E-state index contributed by atoms with van der Waals surface area (Å²) in [5.41, 5.74) is 4.15. The van der Waals surface area contributed by atoms with Gasteiger partial charge in [0.25, 0.3) is 5.91 Å². The second-order valence-electron chi connectivity index (χ2n) is 6.88. The number of ketones is 1. The number of benzene rings is 2. The topological polar surface area (TPSA) is 62.3 Å². The molecule has 0 atom stereocenters. The van der Waals surface area contributed by atoms with Crippen molar-refractivity contribution in [2.75, 3.05) is 16.8 Å². The maximum absolute atomic E-state index is 13.1. The number of amides is 1. The molecule has 2 aromatic carbocycles. The van der Waals surface area contributed by atoms with E-state index in [0.717, 1.165) is 24.2 Å². The molecule has 0 saturated heterocycles. The molecule has 0 aliphatic carbocycles. The highest BCUT2D eigenvalue weighted by Crippen LogP contribution is 2.28. The van der Waals surface area contributed by atoms with Crippen LogP contribution in [0.2, 0.25) is 0 Å². The molecule has 1 aliphatic heterocycles. The van der Waals surface area contributed by atoms with Crippen molar-refractivity contribution in [3.63, 3.8) is 0 Å². The number of rotatable bonds is 4. The van der Waals surface area contributed by atoms with E-state index in [-0.39, 0.29) is 11.7 Å². The van der Waals surface area contributed by atoms with Crippen LogP contribution in [-0.2, 0) is 6.42 Å². The van der Waals surface area contributed by atoms with Crippen molar-refractivity contribution in [1.82, 2.24) is 4.98 Å². The zero-order chi connectivity index (χ0) is 19.5. The fourth-order valence-electron chi connectivity index (χ4n) is 3.50. The van der Waals surface area contributed by atoms with E-state index >= 15 is 0 Å². The van der Waals surface area contributed by atoms with E-state index in [4.69, 9.17) is 0 Å². The Kier molecular flexibility index (Phi) is 4.89. The number of nitrogens with zero attached hydrogens (tertiary/aromatic N) is 2. The molecule has 0 bridgehead atoms. The number of Topliss-reactive ketones (excluding diaryl/α,β-unsaturated/α-hetero) is 1. The third-order valence-corrected chi connectivity index (χ3v) is 4.90. The summed E-state index contributed by atoms with van der Waals surface area (Å²) in [7, 11) is 0. The van der Waals surface area contributed by atoms with Crippen molar-refractivity contribution >= 4 is 28.9 Å². The number of nitrogens with one attached hydrogen (secondary N) is 1. The highest BCUT2D eigenvalue weighted by atomic mass is 16.2. The summed E-state index contributed by atoms with van der Waals surface area (Å²) in [5, 5.41) is 3.18. The van der Waals surface area contributed by atoms with Gasteiger partial charge in [0.1, 0.15) is 5.82 Å². The van der Waals surface area contributed by atoms with Crippen LogP contribution < -0.4 is 10.2 Å². The highest BCUT2D eigenvalue weighted by molar-refractivity contribution is 6.07. The molecule has 0 saturated carbocycles. The van der Waals surface area contributed by atoms with Crippen LogP contribution in [0.4, 0.5) is 17.2 Å². The van der Waals surface area contributed by atoms with Gasteiger partial charge in [-0.15, -0.1) is 0 Å². The molecule has 0 radical (unpaired) electrons. The van der Waals surface area contributed by atoms with Crippen molar-refractivity contribution in [1.29, 1.82) is 0 Å². The Morgan fingerprint density at radius 1 is 1.00 bits per heavy atom. The average molecular weight is 371 g/mol. The van der Waals surface area contributed by atoms with E-state index in [1.54, 1.807) is 30.5 Å². The highest BCUT2D eigenvalue weighted by Gasteiger charge is 2.23. The first-order valence-electron chi connectivity index (χ1n) is 9.36. The van der Waals surface area contributed by atoms with Gasteiger partial charge < -0.3 is 10.2 Å². The number of fused-ring (bicyclic) bond motifs is 1. The quantitative estimate of drug-likeness (QED) is 0.680. The molecule has 3 aromatic rings. The predicted molar refractivity (Wildman–Crippen MR) is 110 cm³/mol. The second-order valence-corrected chi connectivity index (χ2v) is 6.88. The van der Waals surface area contributed by atoms with Gasteiger partial charge in [0.2, 0.25) is 0 Å². The van der Waals surface area contributed by atoms with Crippen LogP contribution >= 0.6 is 0 Å². The zero-order valence-corrected chi connectivity index (χ0v) is 15.7. The number of aromatic nitrogens is 1. The zero-order valence-electron chi connectivity index (χ0n) is 15.7. The summed E-state index contributed by atoms with van der Waals surface area (Å²) in [6.45, 7) is 2.24. The minimum absolute atomic E-state index is 0.00398. The van der Waals surface area contributed by atoms with Gasteiger partial charge in [0, 0.05) is 35.2 Å². The lowest BCUT2D eigenvalue weighted by Crippen LogP contribution is -2.35. The van der Waals surface area contributed by atoms with Gasteiger partial charge in [-0.3, -0.25) is 9.59 Å². The summed E-state index contributed by atoms with van der Waals surface area (Å²) in [6.07, 6.45) is 3.58. The number of para-hydroxylation sites is 1. The first-order valence-corrected chi connectivity index (χ1v) is 9.36. The van der Waals surface area contributed by atoms with E-state index in [1.807, 2.05) is 35.2 Å². The molecule has 1 N–H and O–H groups in total. The largest absolute Gasteiger partial charge is 0.340 e. The molecular weight excluding hydrogens is 350 g/mol. The van der Waals surface area contributed by atoms with Crippen molar-refractivity contribution in [3.05, 3.63) is 83.6 Å². The third-order valence-electron chi connectivity index (χ3n) is 4.90. The summed E-state index contributed by atoms with van der Waals surface area (Å²) >= 11 is 0. The molecule has 4 rings (SSSR count). The number of pyridine rings is 1. The van der Waals surface area contributed by atoms with Gasteiger partial charge in [-0.1, -0.05) is 30.3 Å². The number of hydrogen-bond acceptors (Lipinski definition) is 4. The molecule has 140 valence electrons. The standard InChI is InChI=1S/C23H21N3O2/c1-16(27)18-7-4-9-20(14-18)25-22-15-19(11-12-24-22)23(28)26-13-5-8-17-6-2-3-10-21(17)26/h2-4,6-7,9-12,14-15H,5,8,13H2,1H3,(H,24,25). The molecule has 1 amide bonds. The van der Waals surface area contributed by atoms with Crippen LogP contribution in [0.3, 0.4) is 0 Å². The lowest BCUT2D eigenvalue weighted by atomic mass is 10.0. The van der Waals surface area contributed by atoms with Crippen LogP contribution in [0.25, 0.3) is 0 Å². The number of anilines is 3. The Bertz CT molecular complexity index is 1050. The molecule has 5 nitrogen and oxygen atoms in total. The maximum atomic E-state index is 13.1. The summed E-state index contributed by atoms with van der Waals surface area (Å²) in [4.78, 5) is 30.9. The van der Waals surface area contributed by atoms with E-state index in [2.05, 4.69) is 16.4 Å². The van der Waals surface area contributed by atoms with E-state index in [0.29, 0.717) is 23.5 Å². The number of carbonyl (C=O) groups excluding carboxylic acids is 2. The molecule has 0 spiro atoms. The van der Waals surface area contributed by atoms with E-state index in [9.17, 15) is 9.59 Å². The second kappa shape index (κ2) is 7.64. The molecule has 1 aliphatic rings. The van der Waals surface area contributed by atoms with Crippen molar-refractivity contribution in [2.24, 2.45) is 0 Å². The molecule has 2 heterocycles. The summed E-state index contributed by atoms with van der Waals surface area (Å²) < 4.78 is 0. The molecular formula is C23H21N3O2. The SMILES string of the molecule is CC(=O)c1cccc(Nc2cc(C(=O)N3CCCc4ccccc43)ccn2)c1. The molecule has 0 fully saturated rings. The third kappa shape index (κ3) is 3.64. The van der Waals surface area contributed by atoms with Gasteiger partial charge in [0.05, 0.1) is 0 Å². The normalized spacial score (nSPS) is 13.0. The monoisotopic (exact) mass is 371 g/mol. The van der Waals surface area contributed by atoms with Crippen LogP contribution in [0.15, 0.2) is 66.9 Å². The van der Waals surface area contributed by atoms with Crippen molar-refractivity contribution in [2.45, 2.75) is 19.8 Å². The number of carbonyl (C=O) groups is 2. The fraction of sp³-hybridized carbons (Fsp3) is 0.174. The Morgan fingerprint density at radius 3 is 2.71 bits per heavy atom. The van der Waals surface area contributed by atoms with Gasteiger partial charge >= 0.3 is 0 Å². The van der Waals surface area contributed by atoms with E-state index in [1.165, 1.54) is 12.5 Å². The molecule has 5 heteroatoms. The summed E-state index contributed by atoms with van der Waals surface area (Å²) in [6, 6.07) is 18.8. The Morgan fingerprint density at radius 2 is 1.86 bits per heavy atom. The van der Waals surface area contributed by atoms with Gasteiger partial charge in [-0.05, 0) is 55.7 Å². The first kappa shape index (κ1) is 17.9. The Hall–Kier alpha value is -3.47. The number of aryl methyl sites for hydroxylation is 1. The van der Waals surface area contributed by atoms with Crippen LogP contribution in [-0.4, -0.2) is 23.2 Å². The molecule has 1 aromatic heterocycles. The molecule has 0 unspecified atom stereocenters. The average Bonchev–Trinajstić information content (AvgIpc) is 2.73. The fourth-order valence-corrected chi connectivity index (χ4v) is 3.50. The Balaban J connectivity index is 1.58. The van der Waals surface area contributed by atoms with E-state index < -0.39 is 0 Å². The number of hydrogen-bond donors (Lipinski definition) is 1. The van der Waals surface area contributed by atoms with Crippen LogP contribution in [0.1, 0.15) is 39.6 Å². The van der Waals surface area contributed by atoms with Gasteiger partial charge in [0.15, 0.2) is 5.78 Å². The smallest absolute Gasteiger partial charge is 0.258 e. The Labute approximate surface area is 164 Å². The summed E-state index contributed by atoms with van der Waals surface area (Å²) in [5.74, 6) is 0.538. The van der Waals surface area contributed by atoms with Crippen LogP contribution in [0, 0.1) is 0 Å². The van der Waals surface area contributed by atoms with Crippen LogP contribution in [0.5, 0.6) is 0 Å². The maximum Gasteiger partial charge on any atom is 0.258 e. The van der Waals surface area contributed by atoms with Gasteiger partial charge in [-0.2, -0.15) is 0 Å².